The van der Waals surface area contributed by atoms with Gasteiger partial charge in [0.15, 0.2) is 0 Å². The number of nitrogens with one attached hydrogen (secondary N) is 1. The Morgan fingerprint density at radius 2 is 2.06 bits per heavy atom. The Bertz CT molecular complexity index is 483. The first-order chi connectivity index (χ1) is 7.70. The maximum atomic E-state index is 11.3. The minimum atomic E-state index is -2.97. The molecule has 5 nitrogen and oxygen atoms in total. The van der Waals surface area contributed by atoms with Crippen molar-refractivity contribution in [2.24, 2.45) is 5.41 Å². The van der Waals surface area contributed by atoms with Crippen LogP contribution in [0.5, 0.6) is 0 Å². The first-order valence-corrected chi connectivity index (χ1v) is 7.44. The smallest absolute Gasteiger partial charge is 0.148 e. The summed E-state index contributed by atoms with van der Waals surface area (Å²) in [5.41, 5.74) is 0.619. The van der Waals surface area contributed by atoms with Crippen molar-refractivity contribution in [1.82, 2.24) is 9.97 Å². The van der Waals surface area contributed by atoms with Crippen LogP contribution in [0.1, 0.15) is 19.4 Å². The lowest BCUT2D eigenvalue weighted by molar-refractivity contribution is 0.439. The molecule has 1 aromatic heterocycles. The molecule has 0 spiro atoms. The number of aromatic nitrogens is 2. The maximum Gasteiger partial charge on any atom is 0.148 e. The number of aryl methyl sites for hydroxylation is 1. The molecular formula is C11H19N3O2S. The molecule has 0 bridgehead atoms. The Kier molecular flexibility index (Phi) is 4.08. The fourth-order valence-corrected chi connectivity index (χ4v) is 3.19. The zero-order valence-electron chi connectivity index (χ0n) is 10.7. The van der Waals surface area contributed by atoms with Crippen LogP contribution in [-0.4, -0.2) is 36.9 Å². The van der Waals surface area contributed by atoms with Crippen LogP contribution in [0, 0.1) is 12.3 Å². The second-order valence-electron chi connectivity index (χ2n) is 5.14. The predicted molar refractivity (Wildman–Crippen MR) is 68.8 cm³/mol. The SMILES string of the molecule is Cc1cncnc1NCC(C)(C)CS(C)(=O)=O. The highest BCUT2D eigenvalue weighted by Gasteiger charge is 2.23. The molecular weight excluding hydrogens is 238 g/mol. The van der Waals surface area contributed by atoms with Crippen LogP contribution in [0.25, 0.3) is 0 Å². The van der Waals surface area contributed by atoms with Gasteiger partial charge in [0.25, 0.3) is 0 Å². The molecule has 6 heteroatoms. The van der Waals surface area contributed by atoms with Crippen LogP contribution in [0.2, 0.25) is 0 Å². The van der Waals surface area contributed by atoms with E-state index in [9.17, 15) is 8.42 Å². The Morgan fingerprint density at radius 1 is 1.41 bits per heavy atom. The fourth-order valence-electron chi connectivity index (χ4n) is 1.67. The first kappa shape index (κ1) is 13.9. The molecule has 0 atom stereocenters. The monoisotopic (exact) mass is 257 g/mol. The third-order valence-electron chi connectivity index (χ3n) is 2.28. The van der Waals surface area contributed by atoms with E-state index in [1.807, 2.05) is 20.8 Å². The van der Waals surface area contributed by atoms with E-state index < -0.39 is 9.84 Å². The maximum absolute atomic E-state index is 11.3. The van der Waals surface area contributed by atoms with E-state index in [-0.39, 0.29) is 11.2 Å². The molecule has 1 aromatic rings. The molecule has 0 saturated carbocycles. The van der Waals surface area contributed by atoms with Gasteiger partial charge in [-0.2, -0.15) is 0 Å². The van der Waals surface area contributed by atoms with Gasteiger partial charge >= 0.3 is 0 Å². The molecule has 1 N–H and O–H groups in total. The van der Waals surface area contributed by atoms with Crippen molar-refractivity contribution in [1.29, 1.82) is 0 Å². The number of rotatable bonds is 5. The number of anilines is 1. The molecule has 0 aromatic carbocycles. The lowest BCUT2D eigenvalue weighted by atomic mass is 9.96. The van der Waals surface area contributed by atoms with Gasteiger partial charge in [-0.1, -0.05) is 13.8 Å². The average Bonchev–Trinajstić information content (AvgIpc) is 2.13. The molecule has 0 aliphatic rings. The van der Waals surface area contributed by atoms with Gasteiger partial charge in [0.2, 0.25) is 0 Å². The number of nitrogens with zero attached hydrogens (tertiary/aromatic N) is 2. The van der Waals surface area contributed by atoms with Gasteiger partial charge < -0.3 is 5.32 Å². The second kappa shape index (κ2) is 5.00. The molecule has 0 saturated heterocycles. The van der Waals surface area contributed by atoms with Crippen LogP contribution in [0.3, 0.4) is 0 Å². The fraction of sp³-hybridized carbons (Fsp3) is 0.636. The van der Waals surface area contributed by atoms with Crippen molar-refractivity contribution in [3.8, 4) is 0 Å². The minimum Gasteiger partial charge on any atom is -0.369 e. The number of hydrogen-bond donors (Lipinski definition) is 1. The largest absolute Gasteiger partial charge is 0.369 e. The van der Waals surface area contributed by atoms with Gasteiger partial charge in [-0.25, -0.2) is 18.4 Å². The highest BCUT2D eigenvalue weighted by molar-refractivity contribution is 7.90. The van der Waals surface area contributed by atoms with E-state index in [1.165, 1.54) is 12.6 Å². The van der Waals surface area contributed by atoms with E-state index >= 15 is 0 Å². The summed E-state index contributed by atoms with van der Waals surface area (Å²) in [6.07, 6.45) is 4.45. The molecule has 0 unspecified atom stereocenters. The van der Waals surface area contributed by atoms with Crippen LogP contribution in [0.15, 0.2) is 12.5 Å². The molecule has 17 heavy (non-hydrogen) atoms. The van der Waals surface area contributed by atoms with Crippen molar-refractivity contribution in [3.05, 3.63) is 18.1 Å². The lowest BCUT2D eigenvalue weighted by Gasteiger charge is -2.24. The summed E-state index contributed by atoms with van der Waals surface area (Å²) in [5.74, 6) is 0.901. The second-order valence-corrected chi connectivity index (χ2v) is 7.28. The van der Waals surface area contributed by atoms with Crippen LogP contribution in [0.4, 0.5) is 5.82 Å². The first-order valence-electron chi connectivity index (χ1n) is 5.38. The Labute approximate surface area is 103 Å². The Hall–Kier alpha value is -1.17. The van der Waals surface area contributed by atoms with Crippen molar-refractivity contribution in [3.63, 3.8) is 0 Å². The van der Waals surface area contributed by atoms with Crippen LogP contribution >= 0.6 is 0 Å². The molecule has 96 valence electrons. The van der Waals surface area contributed by atoms with Crippen LogP contribution in [-0.2, 0) is 9.84 Å². The Balaban J connectivity index is 2.65. The highest BCUT2D eigenvalue weighted by Crippen LogP contribution is 2.19. The molecule has 0 aliphatic carbocycles. The molecule has 1 rings (SSSR count). The van der Waals surface area contributed by atoms with E-state index in [0.717, 1.165) is 11.4 Å². The van der Waals surface area contributed by atoms with Gasteiger partial charge in [-0.15, -0.1) is 0 Å². The molecule has 0 fully saturated rings. The van der Waals surface area contributed by atoms with Gasteiger partial charge in [-0.05, 0) is 12.3 Å². The Morgan fingerprint density at radius 3 is 2.59 bits per heavy atom. The van der Waals surface area contributed by atoms with E-state index in [0.29, 0.717) is 6.54 Å². The van der Waals surface area contributed by atoms with Gasteiger partial charge in [-0.3, -0.25) is 0 Å². The van der Waals surface area contributed by atoms with Crippen molar-refractivity contribution < 1.29 is 8.42 Å². The zero-order chi connectivity index (χ0) is 13.1. The zero-order valence-corrected chi connectivity index (χ0v) is 11.5. The van der Waals surface area contributed by atoms with Crippen molar-refractivity contribution in [2.45, 2.75) is 20.8 Å². The normalized spacial score (nSPS) is 12.5. The quantitative estimate of drug-likeness (QED) is 0.860. The van der Waals surface area contributed by atoms with Crippen molar-refractivity contribution >= 4 is 15.7 Å². The van der Waals surface area contributed by atoms with Gasteiger partial charge in [0.05, 0.1) is 5.75 Å². The molecule has 0 amide bonds. The summed E-state index contributed by atoms with van der Waals surface area (Å²) < 4.78 is 22.5. The topological polar surface area (TPSA) is 72.0 Å². The summed E-state index contributed by atoms with van der Waals surface area (Å²) in [6, 6.07) is 0. The number of hydrogen-bond acceptors (Lipinski definition) is 5. The molecule has 0 radical (unpaired) electrons. The summed E-state index contributed by atoms with van der Waals surface area (Å²) in [6.45, 7) is 6.29. The predicted octanol–water partition coefficient (Wildman–Crippen LogP) is 1.27. The molecule has 1 heterocycles. The highest BCUT2D eigenvalue weighted by atomic mass is 32.2. The summed E-state index contributed by atoms with van der Waals surface area (Å²) in [5, 5.41) is 3.16. The average molecular weight is 257 g/mol. The van der Waals surface area contributed by atoms with Crippen LogP contribution < -0.4 is 5.32 Å². The summed E-state index contributed by atoms with van der Waals surface area (Å²) in [4.78, 5) is 8.01. The van der Waals surface area contributed by atoms with Gasteiger partial charge in [0.1, 0.15) is 22.0 Å². The summed E-state index contributed by atoms with van der Waals surface area (Å²) in [7, 11) is -2.97. The lowest BCUT2D eigenvalue weighted by Crippen LogP contribution is -2.31. The third-order valence-corrected chi connectivity index (χ3v) is 3.59. The standard InChI is InChI=1S/C11H19N3O2S/c1-9-5-12-8-14-10(9)13-6-11(2,3)7-17(4,15)16/h5,8H,6-7H2,1-4H3,(H,12,13,14). The summed E-state index contributed by atoms with van der Waals surface area (Å²) >= 11 is 0. The van der Waals surface area contributed by atoms with Gasteiger partial charge in [0, 0.05) is 24.6 Å². The van der Waals surface area contributed by atoms with E-state index in [4.69, 9.17) is 0 Å². The third kappa shape index (κ3) is 5.12. The minimum absolute atomic E-state index is 0.150. The van der Waals surface area contributed by atoms with Crippen molar-refractivity contribution in [2.75, 3.05) is 23.9 Å². The number of sulfone groups is 1. The van der Waals surface area contributed by atoms with E-state index in [1.54, 1.807) is 6.20 Å². The molecule has 0 aliphatic heterocycles. The van der Waals surface area contributed by atoms with E-state index in [2.05, 4.69) is 15.3 Å².